The maximum absolute atomic E-state index is 13.8. The number of rotatable bonds is 4. The monoisotopic (exact) mass is 562 g/mol. The summed E-state index contributed by atoms with van der Waals surface area (Å²) in [4.78, 5) is 52.4. The quantitative estimate of drug-likeness (QED) is 0.107. The average molecular weight is 563 g/mol. The van der Waals surface area contributed by atoms with Crippen LogP contribution in [0.1, 0.15) is 52.6 Å². The molecule has 7 nitrogen and oxygen atoms in total. The van der Waals surface area contributed by atoms with Gasteiger partial charge in [0.1, 0.15) is 0 Å². The smallest absolute Gasteiger partial charge is 0.347 e. The van der Waals surface area contributed by atoms with Gasteiger partial charge in [-0.3, -0.25) is 0 Å². The second kappa shape index (κ2) is 10.2. The number of carbonyl (C=O) groups is 4. The van der Waals surface area contributed by atoms with Gasteiger partial charge in [0.25, 0.3) is 0 Å². The first-order chi connectivity index (χ1) is 20.7. The van der Waals surface area contributed by atoms with Crippen molar-refractivity contribution in [2.24, 2.45) is 0 Å². The first-order valence-corrected chi connectivity index (χ1v) is 12.9. The molecule has 0 radical (unpaired) electrons. The van der Waals surface area contributed by atoms with Gasteiger partial charge in [0.15, 0.2) is 0 Å². The number of terminal acetylenes is 2. The number of hydrogen-bond acceptors (Lipinski definition) is 5. The molecule has 2 N–H and O–H groups in total. The van der Waals surface area contributed by atoms with Crippen LogP contribution in [0.3, 0.4) is 0 Å². The van der Waals surface area contributed by atoms with Gasteiger partial charge in [0.05, 0.1) is 22.3 Å². The zero-order chi connectivity index (χ0) is 30.4. The van der Waals surface area contributed by atoms with Crippen molar-refractivity contribution in [2.45, 2.75) is 0 Å². The van der Waals surface area contributed by atoms with Crippen LogP contribution in [0.15, 0.2) is 84.9 Å². The molecular formula is C36H18O7. The van der Waals surface area contributed by atoms with Crippen molar-refractivity contribution >= 4 is 67.0 Å². The van der Waals surface area contributed by atoms with Crippen LogP contribution in [0.4, 0.5) is 0 Å². The van der Waals surface area contributed by atoms with E-state index in [0.29, 0.717) is 21.5 Å². The Morgan fingerprint density at radius 1 is 0.512 bits per heavy atom. The SMILES string of the molecule is C#Cc1cc2cc3ccccc3cc2c(C(=O)OC(=O)c2c(C(=O)O)c(C#C)cc3cc4ccccc4cc23)c1C(=O)O. The molecule has 0 aliphatic rings. The Kier molecular flexibility index (Phi) is 6.34. The summed E-state index contributed by atoms with van der Waals surface area (Å²) in [6.07, 6.45) is 11.3. The van der Waals surface area contributed by atoms with Gasteiger partial charge in [-0.15, -0.1) is 12.8 Å². The van der Waals surface area contributed by atoms with Crippen molar-refractivity contribution < 1.29 is 34.1 Å². The van der Waals surface area contributed by atoms with E-state index in [9.17, 15) is 29.4 Å². The van der Waals surface area contributed by atoms with Crippen molar-refractivity contribution in [2.75, 3.05) is 0 Å². The fraction of sp³-hybridized carbons (Fsp3) is 0. The van der Waals surface area contributed by atoms with Crippen molar-refractivity contribution in [1.82, 2.24) is 0 Å². The van der Waals surface area contributed by atoms with Gasteiger partial charge < -0.3 is 14.9 Å². The normalized spacial score (nSPS) is 10.8. The number of esters is 2. The Morgan fingerprint density at radius 2 is 0.860 bits per heavy atom. The molecule has 0 saturated heterocycles. The van der Waals surface area contributed by atoms with Gasteiger partial charge in [-0.25, -0.2) is 19.2 Å². The van der Waals surface area contributed by atoms with E-state index < -0.39 is 46.1 Å². The number of fused-ring (bicyclic) bond motifs is 4. The maximum atomic E-state index is 13.8. The molecule has 0 unspecified atom stereocenters. The van der Waals surface area contributed by atoms with Gasteiger partial charge in [0, 0.05) is 11.1 Å². The minimum Gasteiger partial charge on any atom is -0.478 e. The number of aromatic carboxylic acids is 2. The molecule has 0 amide bonds. The molecule has 6 rings (SSSR count). The molecule has 0 heterocycles. The zero-order valence-electron chi connectivity index (χ0n) is 22.2. The summed E-state index contributed by atoms with van der Waals surface area (Å²) >= 11 is 0. The second-order valence-corrected chi connectivity index (χ2v) is 9.77. The highest BCUT2D eigenvalue weighted by atomic mass is 16.6. The Balaban J connectivity index is 1.59. The second-order valence-electron chi connectivity index (χ2n) is 9.77. The van der Waals surface area contributed by atoms with Crippen LogP contribution in [0.25, 0.3) is 43.1 Å². The van der Waals surface area contributed by atoms with Gasteiger partial charge in [-0.1, -0.05) is 60.4 Å². The van der Waals surface area contributed by atoms with Gasteiger partial charge >= 0.3 is 23.9 Å². The van der Waals surface area contributed by atoms with Crippen molar-refractivity contribution in [1.29, 1.82) is 0 Å². The lowest BCUT2D eigenvalue weighted by Gasteiger charge is -2.15. The summed E-state index contributed by atoms with van der Waals surface area (Å²) in [5.74, 6) is -1.01. The first kappa shape index (κ1) is 26.8. The zero-order valence-corrected chi connectivity index (χ0v) is 22.2. The predicted octanol–water partition coefficient (Wildman–Crippen LogP) is 6.66. The summed E-state index contributed by atoms with van der Waals surface area (Å²) in [5, 5.41) is 24.5. The minimum atomic E-state index is -1.50. The Labute approximate surface area is 243 Å². The third-order valence-electron chi connectivity index (χ3n) is 7.35. The van der Waals surface area contributed by atoms with E-state index in [1.165, 1.54) is 12.1 Å². The van der Waals surface area contributed by atoms with Crippen LogP contribution in [0, 0.1) is 24.7 Å². The van der Waals surface area contributed by atoms with Gasteiger partial charge in [-0.2, -0.15) is 0 Å². The molecule has 0 aliphatic carbocycles. The lowest BCUT2D eigenvalue weighted by atomic mass is 9.91. The maximum Gasteiger partial charge on any atom is 0.347 e. The molecule has 6 aromatic rings. The fourth-order valence-electron chi connectivity index (χ4n) is 5.46. The molecule has 43 heavy (non-hydrogen) atoms. The Bertz CT molecular complexity index is 2170. The van der Waals surface area contributed by atoms with E-state index in [1.54, 1.807) is 48.5 Å². The van der Waals surface area contributed by atoms with Crippen molar-refractivity contribution in [3.63, 3.8) is 0 Å². The van der Waals surface area contributed by atoms with E-state index >= 15 is 0 Å². The van der Waals surface area contributed by atoms with Crippen molar-refractivity contribution in [3.8, 4) is 24.7 Å². The number of carboxylic acids is 2. The third kappa shape index (κ3) is 4.39. The minimum absolute atomic E-state index is 0.0906. The summed E-state index contributed by atoms with van der Waals surface area (Å²) in [6, 6.07) is 24.1. The summed E-state index contributed by atoms with van der Waals surface area (Å²) < 4.78 is 5.30. The van der Waals surface area contributed by atoms with Crippen LogP contribution in [0.5, 0.6) is 0 Å². The van der Waals surface area contributed by atoms with Crippen LogP contribution in [-0.4, -0.2) is 34.1 Å². The molecule has 6 aromatic carbocycles. The summed E-state index contributed by atoms with van der Waals surface area (Å²) in [5.41, 5.74) is -2.09. The van der Waals surface area contributed by atoms with E-state index in [1.807, 2.05) is 24.3 Å². The fourth-order valence-corrected chi connectivity index (χ4v) is 5.46. The number of ether oxygens (including phenoxy) is 1. The van der Waals surface area contributed by atoms with Crippen LogP contribution < -0.4 is 0 Å². The molecule has 0 aromatic heterocycles. The van der Waals surface area contributed by atoms with Gasteiger partial charge in [0.2, 0.25) is 0 Å². The summed E-state index contributed by atoms with van der Waals surface area (Å²) in [7, 11) is 0. The molecule has 204 valence electrons. The average Bonchev–Trinajstić information content (AvgIpc) is 3.00. The van der Waals surface area contributed by atoms with E-state index in [4.69, 9.17) is 17.6 Å². The molecule has 7 heteroatoms. The number of hydrogen-bond donors (Lipinski definition) is 2. The Hall–Kier alpha value is -6.44. The highest BCUT2D eigenvalue weighted by Gasteiger charge is 2.30. The lowest BCUT2D eigenvalue weighted by Crippen LogP contribution is -2.20. The molecule has 0 spiro atoms. The van der Waals surface area contributed by atoms with E-state index in [0.717, 1.165) is 10.8 Å². The number of carbonyl (C=O) groups excluding carboxylic acids is 2. The molecule has 0 fully saturated rings. The largest absolute Gasteiger partial charge is 0.478 e. The highest BCUT2D eigenvalue weighted by molar-refractivity contribution is 6.22. The number of benzene rings is 6. The molecule has 0 aliphatic heterocycles. The van der Waals surface area contributed by atoms with E-state index in [2.05, 4.69) is 11.8 Å². The van der Waals surface area contributed by atoms with Gasteiger partial charge in [-0.05, 0) is 79.5 Å². The first-order valence-electron chi connectivity index (χ1n) is 12.9. The Morgan fingerprint density at radius 3 is 1.19 bits per heavy atom. The predicted molar refractivity (Wildman–Crippen MR) is 162 cm³/mol. The lowest BCUT2D eigenvalue weighted by molar-refractivity contribution is 0.0389. The molecule has 0 saturated carbocycles. The molecular weight excluding hydrogens is 544 g/mol. The third-order valence-corrected chi connectivity index (χ3v) is 7.35. The topological polar surface area (TPSA) is 118 Å². The van der Waals surface area contributed by atoms with Crippen LogP contribution in [0.2, 0.25) is 0 Å². The summed E-state index contributed by atoms with van der Waals surface area (Å²) in [6.45, 7) is 0. The van der Waals surface area contributed by atoms with Crippen molar-refractivity contribution in [3.05, 3.63) is 118 Å². The molecule has 0 bridgehead atoms. The highest BCUT2D eigenvalue weighted by Crippen LogP contribution is 2.34. The number of carboxylic acid groups (broad SMARTS) is 2. The van der Waals surface area contributed by atoms with Crippen LogP contribution in [-0.2, 0) is 4.74 Å². The van der Waals surface area contributed by atoms with Crippen LogP contribution >= 0.6 is 0 Å². The standard InChI is InChI=1S/C36H18O7/c1-3-19-13-25-15-21-9-5-7-11-23(21)17-27(25)31(29(19)33(37)38)35(41)43-36(42)32-28-18-24-12-8-6-10-22(24)16-26(28)14-20(4-2)30(32)34(39)40/h1-2,5-18H,(H,37,38)(H,39,40). The molecule has 0 atom stereocenters. The van der Waals surface area contributed by atoms with E-state index in [-0.39, 0.29) is 21.9 Å².